The Bertz CT molecular complexity index is 595. The predicted octanol–water partition coefficient (Wildman–Crippen LogP) is 3.68. The van der Waals surface area contributed by atoms with Crippen molar-refractivity contribution in [3.05, 3.63) is 11.4 Å². The van der Waals surface area contributed by atoms with Gasteiger partial charge in [-0.1, -0.05) is 18.2 Å². The van der Waals surface area contributed by atoms with E-state index in [2.05, 4.69) is 25.3 Å². The number of rotatable bonds is 5. The summed E-state index contributed by atoms with van der Waals surface area (Å²) in [6.07, 6.45) is 5.66. The van der Waals surface area contributed by atoms with Crippen molar-refractivity contribution in [3.63, 3.8) is 0 Å². The highest BCUT2D eigenvalue weighted by Gasteiger charge is 2.43. The van der Waals surface area contributed by atoms with Gasteiger partial charge in [-0.3, -0.25) is 4.79 Å². The molecule has 1 heterocycles. The van der Waals surface area contributed by atoms with E-state index in [1.807, 2.05) is 14.1 Å². The number of hydrogen-bond acceptors (Lipinski definition) is 3. The van der Waals surface area contributed by atoms with Gasteiger partial charge < -0.3 is 9.47 Å². The standard InChI is InChI=1S/C18H29N3OS/c1-11-12(2)21(18(19-11)23-10-17(22)20(4)5)13(3)16-9-14-6-7-15(16)8-14/h13-16H,6-10H2,1-5H3/t13-,14-,15-,16-/m0/s1. The van der Waals surface area contributed by atoms with Crippen LogP contribution < -0.4 is 0 Å². The van der Waals surface area contributed by atoms with E-state index in [4.69, 9.17) is 4.98 Å². The lowest BCUT2D eigenvalue weighted by Gasteiger charge is -2.30. The molecule has 0 radical (unpaired) electrons. The molecule has 128 valence electrons. The zero-order valence-corrected chi connectivity index (χ0v) is 15.8. The van der Waals surface area contributed by atoms with Gasteiger partial charge in [-0.2, -0.15) is 0 Å². The van der Waals surface area contributed by atoms with Gasteiger partial charge in [-0.15, -0.1) is 0 Å². The van der Waals surface area contributed by atoms with Crippen LogP contribution in [0.2, 0.25) is 0 Å². The van der Waals surface area contributed by atoms with Crippen LogP contribution in [0.15, 0.2) is 5.16 Å². The van der Waals surface area contributed by atoms with E-state index in [0.717, 1.165) is 28.6 Å². The molecule has 4 nitrogen and oxygen atoms in total. The maximum Gasteiger partial charge on any atom is 0.232 e. The lowest BCUT2D eigenvalue weighted by atomic mass is 9.84. The number of aromatic nitrogens is 2. The highest BCUT2D eigenvalue weighted by atomic mass is 32.2. The molecule has 0 aliphatic heterocycles. The summed E-state index contributed by atoms with van der Waals surface area (Å²) in [5.74, 6) is 3.26. The van der Waals surface area contributed by atoms with Crippen LogP contribution in [0.4, 0.5) is 0 Å². The van der Waals surface area contributed by atoms with Crippen molar-refractivity contribution in [2.24, 2.45) is 17.8 Å². The second-order valence-electron chi connectivity index (χ2n) is 7.59. The molecule has 23 heavy (non-hydrogen) atoms. The molecule has 5 heteroatoms. The first-order valence-electron chi connectivity index (χ1n) is 8.76. The maximum atomic E-state index is 11.9. The van der Waals surface area contributed by atoms with Crippen LogP contribution in [0, 0.1) is 31.6 Å². The average Bonchev–Trinajstić information content (AvgIpc) is 3.20. The summed E-state index contributed by atoms with van der Waals surface area (Å²) >= 11 is 1.59. The molecule has 2 fully saturated rings. The molecule has 3 rings (SSSR count). The van der Waals surface area contributed by atoms with Crippen LogP contribution in [0.3, 0.4) is 0 Å². The van der Waals surface area contributed by atoms with E-state index in [1.54, 1.807) is 16.7 Å². The van der Waals surface area contributed by atoms with E-state index in [0.29, 0.717) is 11.8 Å². The summed E-state index contributed by atoms with van der Waals surface area (Å²) in [5, 5.41) is 1.02. The Labute approximate surface area is 144 Å². The van der Waals surface area contributed by atoms with Gasteiger partial charge in [0.15, 0.2) is 5.16 Å². The zero-order chi connectivity index (χ0) is 16.7. The molecule has 0 N–H and O–H groups in total. The van der Waals surface area contributed by atoms with Gasteiger partial charge in [0, 0.05) is 25.8 Å². The van der Waals surface area contributed by atoms with Crippen molar-refractivity contribution in [2.75, 3.05) is 19.8 Å². The van der Waals surface area contributed by atoms with E-state index in [1.165, 1.54) is 31.4 Å². The summed E-state index contributed by atoms with van der Waals surface area (Å²) in [6.45, 7) is 6.61. The first-order chi connectivity index (χ1) is 10.9. The van der Waals surface area contributed by atoms with Gasteiger partial charge >= 0.3 is 0 Å². The fourth-order valence-electron chi connectivity index (χ4n) is 4.51. The molecule has 4 atom stereocenters. The summed E-state index contributed by atoms with van der Waals surface area (Å²) in [7, 11) is 3.62. The van der Waals surface area contributed by atoms with Crippen molar-refractivity contribution >= 4 is 17.7 Å². The zero-order valence-electron chi connectivity index (χ0n) is 15.0. The Balaban J connectivity index is 1.79. The lowest BCUT2D eigenvalue weighted by molar-refractivity contribution is -0.125. The molecule has 0 aromatic carbocycles. The normalized spacial score (nSPS) is 27.4. The highest BCUT2D eigenvalue weighted by Crippen LogP contribution is 2.52. The molecule has 2 bridgehead atoms. The van der Waals surface area contributed by atoms with E-state index in [-0.39, 0.29) is 5.91 Å². The first-order valence-corrected chi connectivity index (χ1v) is 9.75. The largest absolute Gasteiger partial charge is 0.348 e. The van der Waals surface area contributed by atoms with Crippen molar-refractivity contribution in [1.29, 1.82) is 0 Å². The number of fused-ring (bicyclic) bond motifs is 2. The Morgan fingerprint density at radius 3 is 2.65 bits per heavy atom. The van der Waals surface area contributed by atoms with Crippen LogP contribution in [0.1, 0.15) is 50.0 Å². The van der Waals surface area contributed by atoms with Crippen molar-refractivity contribution in [3.8, 4) is 0 Å². The van der Waals surface area contributed by atoms with Gasteiger partial charge in [-0.25, -0.2) is 4.98 Å². The molecule has 0 unspecified atom stereocenters. The third-order valence-electron chi connectivity index (χ3n) is 6.00. The highest BCUT2D eigenvalue weighted by molar-refractivity contribution is 7.99. The monoisotopic (exact) mass is 335 g/mol. The topological polar surface area (TPSA) is 38.1 Å². The van der Waals surface area contributed by atoms with E-state index in [9.17, 15) is 4.79 Å². The van der Waals surface area contributed by atoms with Crippen LogP contribution >= 0.6 is 11.8 Å². The van der Waals surface area contributed by atoms with E-state index < -0.39 is 0 Å². The van der Waals surface area contributed by atoms with Gasteiger partial charge in [0.05, 0.1) is 11.4 Å². The predicted molar refractivity (Wildman–Crippen MR) is 94.8 cm³/mol. The third kappa shape index (κ3) is 3.17. The fourth-order valence-corrected chi connectivity index (χ4v) is 5.66. The SMILES string of the molecule is Cc1nc(SCC(=O)N(C)C)n([C@@H](C)[C@@H]2C[C@H]3CC[C@H]2C3)c1C. The minimum atomic E-state index is 0.146. The first kappa shape index (κ1) is 16.9. The molecular formula is C18H29N3OS. The summed E-state index contributed by atoms with van der Waals surface area (Å²) in [5.41, 5.74) is 2.36. The molecule has 0 saturated heterocycles. The number of amides is 1. The second kappa shape index (κ2) is 6.50. The van der Waals surface area contributed by atoms with E-state index >= 15 is 0 Å². The quantitative estimate of drug-likeness (QED) is 0.771. The molecule has 1 aromatic rings. The van der Waals surface area contributed by atoms with Crippen LogP contribution in [0.25, 0.3) is 0 Å². The van der Waals surface area contributed by atoms with Crippen molar-refractivity contribution in [2.45, 2.75) is 57.7 Å². The number of hydrogen-bond donors (Lipinski definition) is 0. The molecule has 2 aliphatic rings. The number of aryl methyl sites for hydroxylation is 1. The fraction of sp³-hybridized carbons (Fsp3) is 0.778. The number of thioether (sulfide) groups is 1. The van der Waals surface area contributed by atoms with Gasteiger partial charge in [0.25, 0.3) is 0 Å². The minimum absolute atomic E-state index is 0.146. The molecule has 2 aliphatic carbocycles. The van der Waals surface area contributed by atoms with Crippen LogP contribution in [0.5, 0.6) is 0 Å². The average molecular weight is 336 g/mol. The number of imidazole rings is 1. The second-order valence-corrected chi connectivity index (χ2v) is 8.53. The van der Waals surface area contributed by atoms with Crippen molar-refractivity contribution in [1.82, 2.24) is 14.5 Å². The third-order valence-corrected chi connectivity index (χ3v) is 6.94. The summed E-state index contributed by atoms with van der Waals surface area (Å²) in [4.78, 5) is 18.3. The van der Waals surface area contributed by atoms with Crippen molar-refractivity contribution < 1.29 is 4.79 Å². The molecule has 1 amide bonds. The summed E-state index contributed by atoms with van der Waals surface area (Å²) in [6, 6.07) is 0.489. The van der Waals surface area contributed by atoms with Crippen LogP contribution in [-0.2, 0) is 4.79 Å². The summed E-state index contributed by atoms with van der Waals surface area (Å²) < 4.78 is 2.41. The van der Waals surface area contributed by atoms with Gasteiger partial charge in [0.2, 0.25) is 5.91 Å². The lowest BCUT2D eigenvalue weighted by Crippen LogP contribution is -2.25. The van der Waals surface area contributed by atoms with Crippen LogP contribution in [-0.4, -0.2) is 40.2 Å². The molecular weight excluding hydrogens is 306 g/mol. The Kier molecular flexibility index (Phi) is 4.77. The Hall–Kier alpha value is -0.970. The molecule has 1 aromatic heterocycles. The Morgan fingerprint density at radius 1 is 1.35 bits per heavy atom. The molecule has 0 spiro atoms. The smallest absolute Gasteiger partial charge is 0.232 e. The minimum Gasteiger partial charge on any atom is -0.348 e. The maximum absolute atomic E-state index is 11.9. The number of carbonyl (C=O) groups excluding carboxylic acids is 1. The molecule has 2 saturated carbocycles. The van der Waals surface area contributed by atoms with Gasteiger partial charge in [0.1, 0.15) is 0 Å². The number of nitrogens with zero attached hydrogens (tertiary/aromatic N) is 3. The van der Waals surface area contributed by atoms with Gasteiger partial charge in [-0.05, 0) is 57.8 Å². The number of carbonyl (C=O) groups is 1. The Morgan fingerprint density at radius 2 is 2.09 bits per heavy atom.